The van der Waals surface area contributed by atoms with E-state index in [1.54, 1.807) is 37.3 Å². The van der Waals surface area contributed by atoms with Crippen molar-refractivity contribution < 1.29 is 13.6 Å². The Labute approximate surface area is 173 Å². The van der Waals surface area contributed by atoms with Crippen molar-refractivity contribution in [3.05, 3.63) is 59.3 Å². The number of benzene rings is 2. The zero-order chi connectivity index (χ0) is 21.3. The first-order chi connectivity index (χ1) is 14.4. The topological polar surface area (TPSA) is 64.3 Å². The number of piperazine rings is 1. The molecule has 0 aliphatic carbocycles. The van der Waals surface area contributed by atoms with Gasteiger partial charge in [-0.25, -0.2) is 4.39 Å². The molecule has 0 spiro atoms. The van der Waals surface area contributed by atoms with E-state index in [1.807, 2.05) is 0 Å². The second-order valence-electron chi connectivity index (χ2n) is 7.50. The zero-order valence-corrected chi connectivity index (χ0v) is 16.9. The van der Waals surface area contributed by atoms with E-state index >= 15 is 0 Å². The minimum atomic E-state index is -0.559. The van der Waals surface area contributed by atoms with Crippen LogP contribution in [0.4, 0.5) is 20.2 Å². The molecule has 2 aromatic carbocycles. The van der Waals surface area contributed by atoms with E-state index in [0.717, 1.165) is 37.4 Å². The molecule has 2 N–H and O–H groups in total. The quantitative estimate of drug-likeness (QED) is 0.645. The van der Waals surface area contributed by atoms with Gasteiger partial charge in [0.1, 0.15) is 5.82 Å². The second kappa shape index (κ2) is 8.23. The number of hydrogen-bond acceptors (Lipinski definition) is 4. The average molecular weight is 411 g/mol. The van der Waals surface area contributed by atoms with Crippen LogP contribution in [0.5, 0.6) is 0 Å². The van der Waals surface area contributed by atoms with E-state index in [-0.39, 0.29) is 11.7 Å². The van der Waals surface area contributed by atoms with Gasteiger partial charge in [0.25, 0.3) is 0 Å². The molecule has 156 valence electrons. The molecule has 8 heteroatoms. The van der Waals surface area contributed by atoms with Crippen LogP contribution >= 0.6 is 0 Å². The van der Waals surface area contributed by atoms with Crippen molar-refractivity contribution >= 4 is 34.3 Å². The van der Waals surface area contributed by atoms with E-state index < -0.39 is 5.95 Å². The van der Waals surface area contributed by atoms with Gasteiger partial charge < -0.3 is 15.1 Å². The molecule has 0 bridgehead atoms. The van der Waals surface area contributed by atoms with Crippen LogP contribution in [-0.2, 0) is 4.79 Å². The Bertz CT molecular complexity index is 1120. The van der Waals surface area contributed by atoms with Crippen molar-refractivity contribution in [2.45, 2.75) is 6.92 Å². The molecule has 6 nitrogen and oxygen atoms in total. The Morgan fingerprint density at radius 3 is 2.70 bits per heavy atom. The number of fused-ring (bicyclic) bond motifs is 1. The van der Waals surface area contributed by atoms with Gasteiger partial charge in [-0.05, 0) is 49.9 Å². The number of aromatic amines is 1. The molecule has 1 aromatic heterocycles. The monoisotopic (exact) mass is 411 g/mol. The molecule has 1 amide bonds. The summed E-state index contributed by atoms with van der Waals surface area (Å²) in [5.41, 5.74) is 2.98. The first-order valence-corrected chi connectivity index (χ1v) is 9.77. The summed E-state index contributed by atoms with van der Waals surface area (Å²) in [7, 11) is 2.07. The maximum Gasteiger partial charge on any atom is 0.248 e. The van der Waals surface area contributed by atoms with Gasteiger partial charge in [0.15, 0.2) is 0 Å². The van der Waals surface area contributed by atoms with Gasteiger partial charge in [-0.2, -0.15) is 4.39 Å². The number of nitrogens with zero attached hydrogens (tertiary/aromatic N) is 3. The fourth-order valence-corrected chi connectivity index (χ4v) is 3.58. The van der Waals surface area contributed by atoms with E-state index in [0.29, 0.717) is 22.2 Å². The third-order valence-electron chi connectivity index (χ3n) is 5.44. The molecule has 1 saturated heterocycles. The molecular weight excluding hydrogens is 388 g/mol. The average Bonchev–Trinajstić information content (AvgIpc) is 3.11. The molecule has 1 aliphatic heterocycles. The zero-order valence-electron chi connectivity index (χ0n) is 16.9. The highest BCUT2D eigenvalue weighted by Gasteiger charge is 2.20. The van der Waals surface area contributed by atoms with Crippen molar-refractivity contribution in [2.75, 3.05) is 43.4 Å². The summed E-state index contributed by atoms with van der Waals surface area (Å²) in [4.78, 5) is 17.0. The van der Waals surface area contributed by atoms with Gasteiger partial charge in [0, 0.05) is 37.8 Å². The molecule has 4 rings (SSSR count). The number of nitrogens with one attached hydrogen (secondary N) is 2. The lowest BCUT2D eigenvalue weighted by molar-refractivity contribution is -0.111. The fraction of sp³-hybridized carbons (Fsp3) is 0.273. The fourth-order valence-electron chi connectivity index (χ4n) is 3.58. The van der Waals surface area contributed by atoms with Crippen LogP contribution in [0.1, 0.15) is 11.1 Å². The van der Waals surface area contributed by atoms with Gasteiger partial charge in [-0.3, -0.25) is 9.89 Å². The first-order valence-electron chi connectivity index (χ1n) is 9.77. The summed E-state index contributed by atoms with van der Waals surface area (Å²) < 4.78 is 27.7. The maximum atomic E-state index is 14.2. The summed E-state index contributed by atoms with van der Waals surface area (Å²) >= 11 is 0. The Kier molecular flexibility index (Phi) is 5.50. The number of halogens is 2. The number of carbonyl (C=O) groups is 1. The number of hydrogen-bond donors (Lipinski definition) is 2. The highest BCUT2D eigenvalue weighted by Crippen LogP contribution is 2.32. The van der Waals surface area contributed by atoms with Gasteiger partial charge in [0.05, 0.1) is 22.3 Å². The molecule has 3 aromatic rings. The summed E-state index contributed by atoms with van der Waals surface area (Å²) in [6, 6.07) is 8.17. The number of H-pyrrole nitrogens is 1. The Hall–Kier alpha value is -3.26. The summed E-state index contributed by atoms with van der Waals surface area (Å²) in [5, 5.41) is 9.36. The summed E-state index contributed by atoms with van der Waals surface area (Å²) in [6.45, 7) is 5.08. The molecule has 2 heterocycles. The summed E-state index contributed by atoms with van der Waals surface area (Å²) in [5.74, 6) is -1.29. The molecule has 0 unspecified atom stereocenters. The van der Waals surface area contributed by atoms with E-state index in [9.17, 15) is 13.6 Å². The van der Waals surface area contributed by atoms with Crippen LogP contribution in [0.2, 0.25) is 0 Å². The third-order valence-corrected chi connectivity index (χ3v) is 5.44. The lowest BCUT2D eigenvalue weighted by Crippen LogP contribution is -2.44. The predicted molar refractivity (Wildman–Crippen MR) is 115 cm³/mol. The van der Waals surface area contributed by atoms with E-state index in [1.165, 1.54) is 12.1 Å². The smallest absolute Gasteiger partial charge is 0.248 e. The van der Waals surface area contributed by atoms with E-state index in [4.69, 9.17) is 0 Å². The lowest BCUT2D eigenvalue weighted by Gasteiger charge is -2.35. The highest BCUT2D eigenvalue weighted by atomic mass is 19.1. The molecular formula is C22H23F2N5O. The molecule has 0 saturated carbocycles. The third kappa shape index (κ3) is 4.04. The molecule has 1 aliphatic rings. The van der Waals surface area contributed by atoms with Gasteiger partial charge in [0.2, 0.25) is 11.9 Å². The predicted octanol–water partition coefficient (Wildman–Crippen LogP) is 3.55. The lowest BCUT2D eigenvalue weighted by atomic mass is 10.1. The number of amides is 1. The number of rotatable bonds is 4. The summed E-state index contributed by atoms with van der Waals surface area (Å²) in [6.07, 6.45) is 3.00. The van der Waals surface area contributed by atoms with Crippen molar-refractivity contribution in [3.8, 4) is 0 Å². The minimum absolute atomic E-state index is 0.362. The standard InChI is InChI=1S/C22H23F2N5O/c1-14-17(23)6-7-19(29-11-9-28(2)10-12-29)21(14)25-20(30)8-4-15-3-5-16-18(13-15)26-27-22(16)24/h3-8,13H,9-12H2,1-2H3,(H,25,30)(H,26,27)/b8-4+. The SMILES string of the molecule is Cc1c(F)ccc(N2CCN(C)CC2)c1NC(=O)/C=C/c1ccc2c(F)n[nH]c2c1. The van der Waals surface area contributed by atoms with Crippen LogP contribution in [0.3, 0.4) is 0 Å². The number of carbonyl (C=O) groups excluding carboxylic acids is 1. The molecule has 1 fully saturated rings. The maximum absolute atomic E-state index is 14.2. The van der Waals surface area contributed by atoms with Gasteiger partial charge in [-0.15, -0.1) is 5.10 Å². The second-order valence-corrected chi connectivity index (χ2v) is 7.50. The van der Waals surface area contributed by atoms with Crippen molar-refractivity contribution in [1.82, 2.24) is 15.1 Å². The van der Waals surface area contributed by atoms with Crippen LogP contribution in [-0.4, -0.2) is 54.2 Å². The minimum Gasteiger partial charge on any atom is -0.367 e. The van der Waals surface area contributed by atoms with Crippen LogP contribution in [0.25, 0.3) is 17.0 Å². The van der Waals surface area contributed by atoms with Crippen molar-refractivity contribution in [3.63, 3.8) is 0 Å². The van der Waals surface area contributed by atoms with Crippen molar-refractivity contribution in [2.24, 2.45) is 0 Å². The number of anilines is 2. The van der Waals surface area contributed by atoms with Crippen LogP contribution in [0.15, 0.2) is 36.4 Å². The molecule has 0 radical (unpaired) electrons. The van der Waals surface area contributed by atoms with Gasteiger partial charge in [-0.1, -0.05) is 6.07 Å². The Morgan fingerprint density at radius 2 is 1.93 bits per heavy atom. The molecule has 0 atom stereocenters. The van der Waals surface area contributed by atoms with Crippen LogP contribution in [0, 0.1) is 18.7 Å². The largest absolute Gasteiger partial charge is 0.367 e. The van der Waals surface area contributed by atoms with Crippen LogP contribution < -0.4 is 10.2 Å². The highest BCUT2D eigenvalue weighted by molar-refractivity contribution is 6.04. The number of likely N-dealkylation sites (N-methyl/N-ethyl adjacent to an activating group) is 1. The van der Waals surface area contributed by atoms with E-state index in [2.05, 4.69) is 32.4 Å². The normalized spacial score (nSPS) is 15.3. The first kappa shape index (κ1) is 20.0. The number of aromatic nitrogens is 2. The molecule has 30 heavy (non-hydrogen) atoms. The Morgan fingerprint density at radius 1 is 1.17 bits per heavy atom. The van der Waals surface area contributed by atoms with Gasteiger partial charge >= 0.3 is 0 Å². The van der Waals surface area contributed by atoms with Crippen molar-refractivity contribution in [1.29, 1.82) is 0 Å². The Balaban J connectivity index is 1.54.